The van der Waals surface area contributed by atoms with E-state index in [1.165, 1.54) is 0 Å². The summed E-state index contributed by atoms with van der Waals surface area (Å²) >= 11 is 0. The SMILES string of the molecule is CCC[C@@H](N)C(=O)NN1CCOCC1. The van der Waals surface area contributed by atoms with Crippen molar-refractivity contribution in [3.05, 3.63) is 0 Å². The maximum Gasteiger partial charge on any atom is 0.251 e. The first-order valence-corrected chi connectivity index (χ1v) is 5.12. The minimum absolute atomic E-state index is 0.0891. The van der Waals surface area contributed by atoms with Gasteiger partial charge in [0.25, 0.3) is 5.91 Å². The van der Waals surface area contributed by atoms with Gasteiger partial charge in [-0.15, -0.1) is 0 Å². The van der Waals surface area contributed by atoms with Crippen molar-refractivity contribution in [1.82, 2.24) is 10.4 Å². The molecule has 0 saturated carbocycles. The van der Waals surface area contributed by atoms with E-state index < -0.39 is 0 Å². The number of hydrazine groups is 1. The lowest BCUT2D eigenvalue weighted by atomic mass is 10.2. The van der Waals surface area contributed by atoms with Crippen molar-refractivity contribution in [1.29, 1.82) is 0 Å². The largest absolute Gasteiger partial charge is 0.379 e. The van der Waals surface area contributed by atoms with Gasteiger partial charge in [0.15, 0.2) is 0 Å². The summed E-state index contributed by atoms with van der Waals surface area (Å²) in [5.74, 6) is -0.0891. The highest BCUT2D eigenvalue weighted by Crippen LogP contribution is 1.96. The Labute approximate surface area is 84.5 Å². The van der Waals surface area contributed by atoms with Crippen molar-refractivity contribution >= 4 is 5.91 Å². The molecule has 0 unspecified atom stereocenters. The minimum atomic E-state index is -0.386. The molecule has 5 nitrogen and oxygen atoms in total. The predicted molar refractivity (Wildman–Crippen MR) is 53.4 cm³/mol. The summed E-state index contributed by atoms with van der Waals surface area (Å²) in [5, 5.41) is 1.86. The average Bonchev–Trinajstić information content (AvgIpc) is 2.19. The van der Waals surface area contributed by atoms with Crippen molar-refractivity contribution in [3.63, 3.8) is 0 Å². The maximum absolute atomic E-state index is 11.5. The van der Waals surface area contributed by atoms with Crippen LogP contribution in [0.2, 0.25) is 0 Å². The standard InChI is InChI=1S/C9H19N3O2/c1-2-3-8(10)9(13)11-12-4-6-14-7-5-12/h8H,2-7,10H2,1H3,(H,11,13)/t8-/m1/s1. The number of carbonyl (C=O) groups is 1. The molecule has 14 heavy (non-hydrogen) atoms. The van der Waals surface area contributed by atoms with Crippen LogP contribution in [0.3, 0.4) is 0 Å². The van der Waals surface area contributed by atoms with E-state index in [0.29, 0.717) is 13.2 Å². The van der Waals surface area contributed by atoms with Crippen LogP contribution in [-0.2, 0) is 9.53 Å². The van der Waals surface area contributed by atoms with Crippen LogP contribution < -0.4 is 11.2 Å². The van der Waals surface area contributed by atoms with E-state index in [0.717, 1.165) is 25.9 Å². The third kappa shape index (κ3) is 3.61. The van der Waals surface area contributed by atoms with Gasteiger partial charge in [-0.25, -0.2) is 5.01 Å². The van der Waals surface area contributed by atoms with Crippen molar-refractivity contribution < 1.29 is 9.53 Å². The Balaban J connectivity index is 2.24. The number of rotatable bonds is 4. The molecular weight excluding hydrogens is 182 g/mol. The molecule has 1 saturated heterocycles. The molecule has 1 amide bonds. The van der Waals surface area contributed by atoms with Crippen molar-refractivity contribution in [2.24, 2.45) is 5.73 Å². The van der Waals surface area contributed by atoms with E-state index in [4.69, 9.17) is 10.5 Å². The van der Waals surface area contributed by atoms with E-state index in [2.05, 4.69) is 5.43 Å². The van der Waals surface area contributed by atoms with Gasteiger partial charge in [0.05, 0.1) is 19.3 Å². The molecule has 0 radical (unpaired) electrons. The van der Waals surface area contributed by atoms with Crippen LogP contribution in [0.5, 0.6) is 0 Å². The topological polar surface area (TPSA) is 67.6 Å². The van der Waals surface area contributed by atoms with Gasteiger partial charge in [-0.05, 0) is 6.42 Å². The molecule has 1 heterocycles. The second-order valence-electron chi connectivity index (χ2n) is 3.47. The number of amides is 1. The lowest BCUT2D eigenvalue weighted by Crippen LogP contribution is -2.53. The lowest BCUT2D eigenvalue weighted by molar-refractivity contribution is -0.129. The Kier molecular flexibility index (Phi) is 4.86. The van der Waals surface area contributed by atoms with Crippen LogP contribution in [0, 0.1) is 0 Å². The summed E-state index contributed by atoms with van der Waals surface area (Å²) in [6.45, 7) is 4.84. The molecule has 82 valence electrons. The third-order valence-electron chi connectivity index (χ3n) is 2.22. The zero-order chi connectivity index (χ0) is 10.4. The molecule has 1 rings (SSSR count). The van der Waals surface area contributed by atoms with Gasteiger partial charge in [-0.3, -0.25) is 10.2 Å². The monoisotopic (exact) mass is 201 g/mol. The van der Waals surface area contributed by atoms with Gasteiger partial charge in [0, 0.05) is 13.1 Å². The average molecular weight is 201 g/mol. The summed E-state index contributed by atoms with van der Waals surface area (Å²) in [4.78, 5) is 11.5. The number of nitrogens with two attached hydrogens (primary N) is 1. The van der Waals surface area contributed by atoms with Crippen LogP contribution in [-0.4, -0.2) is 43.3 Å². The van der Waals surface area contributed by atoms with Gasteiger partial charge in [-0.2, -0.15) is 0 Å². The van der Waals surface area contributed by atoms with Crippen molar-refractivity contribution in [3.8, 4) is 0 Å². The van der Waals surface area contributed by atoms with E-state index in [1.54, 1.807) is 0 Å². The summed E-state index contributed by atoms with van der Waals surface area (Å²) in [5.41, 5.74) is 8.47. The van der Waals surface area contributed by atoms with Crippen LogP contribution >= 0.6 is 0 Å². The molecule has 1 aliphatic heterocycles. The van der Waals surface area contributed by atoms with E-state index in [1.807, 2.05) is 11.9 Å². The summed E-state index contributed by atoms with van der Waals surface area (Å²) in [7, 11) is 0. The second-order valence-corrected chi connectivity index (χ2v) is 3.47. The number of morpholine rings is 1. The lowest BCUT2D eigenvalue weighted by Gasteiger charge is -2.28. The van der Waals surface area contributed by atoms with Gasteiger partial charge in [0.2, 0.25) is 0 Å². The van der Waals surface area contributed by atoms with Gasteiger partial charge in [0.1, 0.15) is 0 Å². The number of ether oxygens (including phenoxy) is 1. The van der Waals surface area contributed by atoms with Crippen LogP contribution in [0.4, 0.5) is 0 Å². The quantitative estimate of drug-likeness (QED) is 0.642. The minimum Gasteiger partial charge on any atom is -0.379 e. The summed E-state index contributed by atoms with van der Waals surface area (Å²) in [6.07, 6.45) is 1.66. The first kappa shape index (κ1) is 11.4. The maximum atomic E-state index is 11.5. The number of hydrogen-bond acceptors (Lipinski definition) is 4. The third-order valence-corrected chi connectivity index (χ3v) is 2.22. The normalized spacial score (nSPS) is 20.4. The molecule has 0 aliphatic carbocycles. The Bertz CT molecular complexity index is 181. The Morgan fingerprint density at radius 2 is 2.21 bits per heavy atom. The number of nitrogens with zero attached hydrogens (tertiary/aromatic N) is 1. The Morgan fingerprint density at radius 3 is 2.79 bits per heavy atom. The fourth-order valence-corrected chi connectivity index (χ4v) is 1.36. The fourth-order valence-electron chi connectivity index (χ4n) is 1.36. The fraction of sp³-hybridized carbons (Fsp3) is 0.889. The van der Waals surface area contributed by atoms with Gasteiger partial charge < -0.3 is 10.5 Å². The molecule has 0 bridgehead atoms. The summed E-state index contributed by atoms with van der Waals surface area (Å²) < 4.78 is 5.17. The van der Waals surface area contributed by atoms with Crippen LogP contribution in [0.15, 0.2) is 0 Å². The van der Waals surface area contributed by atoms with Crippen LogP contribution in [0.25, 0.3) is 0 Å². The molecular formula is C9H19N3O2. The van der Waals surface area contributed by atoms with Crippen molar-refractivity contribution in [2.75, 3.05) is 26.3 Å². The second kappa shape index (κ2) is 5.95. The first-order valence-electron chi connectivity index (χ1n) is 5.12. The molecule has 1 fully saturated rings. The van der Waals surface area contributed by atoms with Gasteiger partial charge >= 0.3 is 0 Å². The molecule has 0 aromatic rings. The highest BCUT2D eigenvalue weighted by atomic mass is 16.5. The number of hydrogen-bond donors (Lipinski definition) is 2. The number of carbonyl (C=O) groups excluding carboxylic acids is 1. The molecule has 3 N–H and O–H groups in total. The molecule has 1 aliphatic rings. The smallest absolute Gasteiger partial charge is 0.251 e. The molecule has 0 spiro atoms. The van der Waals surface area contributed by atoms with E-state index in [-0.39, 0.29) is 11.9 Å². The Morgan fingerprint density at radius 1 is 1.57 bits per heavy atom. The van der Waals surface area contributed by atoms with E-state index >= 15 is 0 Å². The zero-order valence-electron chi connectivity index (χ0n) is 8.66. The molecule has 5 heteroatoms. The molecule has 0 aromatic carbocycles. The van der Waals surface area contributed by atoms with E-state index in [9.17, 15) is 4.79 Å². The summed E-state index contributed by atoms with van der Waals surface area (Å²) in [6, 6.07) is -0.386. The van der Waals surface area contributed by atoms with Crippen LogP contribution in [0.1, 0.15) is 19.8 Å². The number of nitrogens with one attached hydrogen (secondary N) is 1. The molecule has 0 aromatic heterocycles. The van der Waals surface area contributed by atoms with Crippen molar-refractivity contribution in [2.45, 2.75) is 25.8 Å². The zero-order valence-corrected chi connectivity index (χ0v) is 8.66. The molecule has 1 atom stereocenters. The van der Waals surface area contributed by atoms with Gasteiger partial charge in [-0.1, -0.05) is 13.3 Å². The highest BCUT2D eigenvalue weighted by molar-refractivity contribution is 5.80. The Hall–Kier alpha value is -0.650. The first-order chi connectivity index (χ1) is 6.74. The highest BCUT2D eigenvalue weighted by Gasteiger charge is 2.17. The predicted octanol–water partition coefficient (Wildman–Crippen LogP) is -0.523.